The standard InChI is InChI=1S/C16H30N2O/c1-12(2)14-5-4-7-18(8-6-14)16(19)15-9-13(3)10-17-11-15/h12-15,17H,4-11H2,1-3H3. The highest BCUT2D eigenvalue weighted by Crippen LogP contribution is 2.26. The second kappa shape index (κ2) is 6.74. The van der Waals surface area contributed by atoms with E-state index in [4.69, 9.17) is 0 Å². The number of likely N-dealkylation sites (tertiary alicyclic amines) is 1. The Bertz CT molecular complexity index is 303. The first-order valence-corrected chi connectivity index (χ1v) is 8.07. The van der Waals surface area contributed by atoms with Crippen molar-refractivity contribution in [2.75, 3.05) is 26.2 Å². The Kier molecular flexibility index (Phi) is 5.26. The van der Waals surface area contributed by atoms with E-state index in [1.54, 1.807) is 0 Å². The van der Waals surface area contributed by atoms with Gasteiger partial charge in [-0.3, -0.25) is 4.79 Å². The van der Waals surface area contributed by atoms with Gasteiger partial charge in [-0.25, -0.2) is 0 Å². The zero-order valence-corrected chi connectivity index (χ0v) is 12.8. The lowest BCUT2D eigenvalue weighted by atomic mass is 9.89. The molecular weight excluding hydrogens is 236 g/mol. The number of piperidine rings is 1. The lowest BCUT2D eigenvalue weighted by Gasteiger charge is -2.31. The normalized spacial score (nSPS) is 33.3. The zero-order valence-electron chi connectivity index (χ0n) is 12.8. The van der Waals surface area contributed by atoms with E-state index in [1.807, 2.05) is 0 Å². The molecule has 3 unspecified atom stereocenters. The molecule has 0 saturated carbocycles. The lowest BCUT2D eigenvalue weighted by Crippen LogP contribution is -2.45. The maximum Gasteiger partial charge on any atom is 0.226 e. The lowest BCUT2D eigenvalue weighted by molar-refractivity contribution is -0.136. The number of nitrogens with one attached hydrogen (secondary N) is 1. The van der Waals surface area contributed by atoms with Crippen LogP contribution in [0.5, 0.6) is 0 Å². The Morgan fingerprint density at radius 1 is 1.21 bits per heavy atom. The minimum atomic E-state index is 0.222. The third kappa shape index (κ3) is 3.95. The van der Waals surface area contributed by atoms with E-state index >= 15 is 0 Å². The fraction of sp³-hybridized carbons (Fsp3) is 0.938. The van der Waals surface area contributed by atoms with Crippen molar-refractivity contribution in [1.82, 2.24) is 10.2 Å². The van der Waals surface area contributed by atoms with E-state index in [0.717, 1.165) is 44.4 Å². The third-order valence-corrected chi connectivity index (χ3v) is 4.95. The van der Waals surface area contributed by atoms with Gasteiger partial charge in [-0.05, 0) is 50.0 Å². The number of carbonyl (C=O) groups excluding carboxylic acids is 1. The predicted molar refractivity (Wildman–Crippen MR) is 78.9 cm³/mol. The molecule has 0 aromatic carbocycles. The van der Waals surface area contributed by atoms with Gasteiger partial charge in [-0.15, -0.1) is 0 Å². The van der Waals surface area contributed by atoms with Crippen molar-refractivity contribution in [3.05, 3.63) is 0 Å². The average Bonchev–Trinajstić information content (AvgIpc) is 2.63. The molecule has 3 heteroatoms. The summed E-state index contributed by atoms with van der Waals surface area (Å²) in [6.07, 6.45) is 4.74. The minimum Gasteiger partial charge on any atom is -0.342 e. The van der Waals surface area contributed by atoms with Gasteiger partial charge in [-0.1, -0.05) is 20.8 Å². The first-order chi connectivity index (χ1) is 9.08. The van der Waals surface area contributed by atoms with Crippen LogP contribution in [0.2, 0.25) is 0 Å². The molecule has 0 radical (unpaired) electrons. The van der Waals surface area contributed by atoms with Gasteiger partial charge in [-0.2, -0.15) is 0 Å². The molecule has 1 N–H and O–H groups in total. The molecule has 0 spiro atoms. The zero-order chi connectivity index (χ0) is 13.8. The highest BCUT2D eigenvalue weighted by atomic mass is 16.2. The summed E-state index contributed by atoms with van der Waals surface area (Å²) in [6.45, 7) is 10.8. The van der Waals surface area contributed by atoms with Gasteiger partial charge in [0.2, 0.25) is 5.91 Å². The van der Waals surface area contributed by atoms with Crippen molar-refractivity contribution in [2.24, 2.45) is 23.7 Å². The topological polar surface area (TPSA) is 32.3 Å². The van der Waals surface area contributed by atoms with E-state index in [9.17, 15) is 4.79 Å². The molecule has 2 rings (SSSR count). The molecule has 1 amide bonds. The Hall–Kier alpha value is -0.570. The summed E-state index contributed by atoms with van der Waals surface area (Å²) < 4.78 is 0. The molecule has 2 saturated heterocycles. The maximum absolute atomic E-state index is 12.6. The van der Waals surface area contributed by atoms with Gasteiger partial charge in [0.1, 0.15) is 0 Å². The maximum atomic E-state index is 12.6. The predicted octanol–water partition coefficient (Wildman–Crippen LogP) is 2.52. The van der Waals surface area contributed by atoms with Crippen molar-refractivity contribution in [3.8, 4) is 0 Å². The fourth-order valence-electron chi connectivity index (χ4n) is 3.61. The first kappa shape index (κ1) is 14.8. The summed E-state index contributed by atoms with van der Waals surface area (Å²) in [5, 5.41) is 3.40. The van der Waals surface area contributed by atoms with Crippen LogP contribution in [0.4, 0.5) is 0 Å². The van der Waals surface area contributed by atoms with Crippen LogP contribution in [0.25, 0.3) is 0 Å². The smallest absolute Gasteiger partial charge is 0.226 e. The summed E-state index contributed by atoms with van der Waals surface area (Å²) >= 11 is 0. The van der Waals surface area contributed by atoms with Crippen molar-refractivity contribution < 1.29 is 4.79 Å². The van der Waals surface area contributed by atoms with E-state index in [2.05, 4.69) is 31.0 Å². The molecule has 2 aliphatic rings. The highest BCUT2D eigenvalue weighted by molar-refractivity contribution is 5.79. The molecule has 2 fully saturated rings. The van der Waals surface area contributed by atoms with Gasteiger partial charge >= 0.3 is 0 Å². The molecule has 0 bridgehead atoms. The van der Waals surface area contributed by atoms with Gasteiger partial charge in [0.15, 0.2) is 0 Å². The van der Waals surface area contributed by atoms with Crippen molar-refractivity contribution in [1.29, 1.82) is 0 Å². The summed E-state index contributed by atoms with van der Waals surface area (Å²) in [5.41, 5.74) is 0. The molecule has 3 atom stereocenters. The molecule has 0 aromatic heterocycles. The number of nitrogens with zero attached hydrogens (tertiary/aromatic N) is 1. The van der Waals surface area contributed by atoms with Crippen LogP contribution in [-0.4, -0.2) is 37.0 Å². The Balaban J connectivity index is 1.88. The Morgan fingerprint density at radius 2 is 2.00 bits per heavy atom. The van der Waals surface area contributed by atoms with Gasteiger partial charge in [0.05, 0.1) is 5.92 Å². The molecular formula is C16H30N2O. The highest BCUT2D eigenvalue weighted by Gasteiger charge is 2.30. The second-order valence-electron chi connectivity index (χ2n) is 6.96. The monoisotopic (exact) mass is 266 g/mol. The molecule has 2 heterocycles. The quantitative estimate of drug-likeness (QED) is 0.833. The SMILES string of the molecule is CC1CNCC(C(=O)N2CCCC(C(C)C)CC2)C1. The fourth-order valence-corrected chi connectivity index (χ4v) is 3.61. The van der Waals surface area contributed by atoms with E-state index < -0.39 is 0 Å². The summed E-state index contributed by atoms with van der Waals surface area (Å²) in [5.74, 6) is 2.83. The molecule has 3 nitrogen and oxygen atoms in total. The van der Waals surface area contributed by atoms with Gasteiger partial charge in [0, 0.05) is 19.6 Å². The van der Waals surface area contributed by atoms with Crippen LogP contribution in [0, 0.1) is 23.7 Å². The number of hydrogen-bond acceptors (Lipinski definition) is 2. The first-order valence-electron chi connectivity index (χ1n) is 8.07. The van der Waals surface area contributed by atoms with Crippen molar-refractivity contribution >= 4 is 5.91 Å². The molecule has 0 aromatic rings. The average molecular weight is 266 g/mol. The van der Waals surface area contributed by atoms with Crippen molar-refractivity contribution in [3.63, 3.8) is 0 Å². The summed E-state index contributed by atoms with van der Waals surface area (Å²) in [7, 11) is 0. The summed E-state index contributed by atoms with van der Waals surface area (Å²) in [4.78, 5) is 14.8. The van der Waals surface area contributed by atoms with Gasteiger partial charge in [0.25, 0.3) is 0 Å². The second-order valence-corrected chi connectivity index (χ2v) is 6.96. The Labute approximate surface area is 118 Å². The number of amides is 1. The van der Waals surface area contributed by atoms with Crippen molar-refractivity contribution in [2.45, 2.75) is 46.5 Å². The van der Waals surface area contributed by atoms with E-state index in [-0.39, 0.29) is 5.92 Å². The van der Waals surface area contributed by atoms with Gasteiger partial charge < -0.3 is 10.2 Å². The molecule has 0 aliphatic carbocycles. The molecule has 19 heavy (non-hydrogen) atoms. The van der Waals surface area contributed by atoms with Crippen LogP contribution in [0.15, 0.2) is 0 Å². The van der Waals surface area contributed by atoms with Crippen LogP contribution in [0.3, 0.4) is 0 Å². The van der Waals surface area contributed by atoms with Crippen LogP contribution >= 0.6 is 0 Å². The number of hydrogen-bond donors (Lipinski definition) is 1. The van der Waals surface area contributed by atoms with Crippen LogP contribution in [0.1, 0.15) is 46.5 Å². The largest absolute Gasteiger partial charge is 0.342 e. The molecule has 110 valence electrons. The van der Waals surface area contributed by atoms with Crippen LogP contribution in [-0.2, 0) is 4.79 Å². The van der Waals surface area contributed by atoms with Crippen LogP contribution < -0.4 is 5.32 Å². The van der Waals surface area contributed by atoms with E-state index in [0.29, 0.717) is 11.8 Å². The Morgan fingerprint density at radius 3 is 2.68 bits per heavy atom. The molecule has 2 aliphatic heterocycles. The van der Waals surface area contributed by atoms with E-state index in [1.165, 1.54) is 19.3 Å². The third-order valence-electron chi connectivity index (χ3n) is 4.95. The number of carbonyl (C=O) groups is 1. The number of rotatable bonds is 2. The minimum absolute atomic E-state index is 0.222. The summed E-state index contributed by atoms with van der Waals surface area (Å²) in [6, 6.07) is 0.